The molecular formula is C20H26N6O3. The zero-order valence-corrected chi connectivity index (χ0v) is 16.4. The van der Waals surface area contributed by atoms with E-state index in [-0.39, 0.29) is 10.6 Å². The van der Waals surface area contributed by atoms with E-state index in [0.717, 1.165) is 62.9 Å². The highest BCUT2D eigenvalue weighted by molar-refractivity contribution is 5.42. The van der Waals surface area contributed by atoms with Crippen LogP contribution in [0.3, 0.4) is 0 Å². The summed E-state index contributed by atoms with van der Waals surface area (Å²) in [5.41, 5.74) is 1.22. The van der Waals surface area contributed by atoms with Gasteiger partial charge in [-0.15, -0.1) is 0 Å². The molecule has 4 rings (SSSR count). The van der Waals surface area contributed by atoms with Crippen LogP contribution in [0.25, 0.3) is 0 Å². The van der Waals surface area contributed by atoms with Gasteiger partial charge in [0.05, 0.1) is 18.1 Å². The Bertz CT molecular complexity index is 825. The Morgan fingerprint density at radius 1 is 1.17 bits per heavy atom. The van der Waals surface area contributed by atoms with Crippen LogP contribution in [0, 0.1) is 10.1 Å². The van der Waals surface area contributed by atoms with Gasteiger partial charge in [-0.3, -0.25) is 15.0 Å². The van der Waals surface area contributed by atoms with Crippen molar-refractivity contribution in [1.29, 1.82) is 0 Å². The number of nitrogens with zero attached hydrogens (tertiary/aromatic N) is 5. The molecule has 0 amide bonds. The standard InChI is InChI=1S/C20H26N6O3/c27-26(28)18-5-3-16(4-6-18)14-24-9-1-2-17(15-24)22-19-7-8-21-20(23-19)25-10-12-29-13-11-25/h3-8,17H,1-2,9-15H2,(H,21,22,23). The van der Waals surface area contributed by atoms with Crippen molar-refractivity contribution in [1.82, 2.24) is 14.9 Å². The first-order valence-electron chi connectivity index (χ1n) is 10.1. The monoisotopic (exact) mass is 398 g/mol. The SMILES string of the molecule is O=[N+]([O-])c1ccc(CN2CCCC(Nc3ccnc(N4CCOCC4)n3)C2)cc1. The Morgan fingerprint density at radius 3 is 2.72 bits per heavy atom. The number of hydrogen-bond acceptors (Lipinski definition) is 8. The molecular weight excluding hydrogens is 372 g/mol. The highest BCUT2D eigenvalue weighted by Gasteiger charge is 2.21. The molecule has 1 aromatic heterocycles. The Morgan fingerprint density at radius 2 is 1.97 bits per heavy atom. The second kappa shape index (κ2) is 9.15. The molecule has 1 unspecified atom stereocenters. The average Bonchev–Trinajstić information content (AvgIpc) is 2.75. The van der Waals surface area contributed by atoms with Gasteiger partial charge >= 0.3 is 0 Å². The molecule has 9 nitrogen and oxygen atoms in total. The van der Waals surface area contributed by atoms with Gasteiger partial charge in [-0.25, -0.2) is 4.98 Å². The predicted molar refractivity (Wildman–Crippen MR) is 110 cm³/mol. The summed E-state index contributed by atoms with van der Waals surface area (Å²) < 4.78 is 5.40. The van der Waals surface area contributed by atoms with E-state index in [4.69, 9.17) is 9.72 Å². The van der Waals surface area contributed by atoms with Gasteiger partial charge < -0.3 is 15.0 Å². The van der Waals surface area contributed by atoms with E-state index in [9.17, 15) is 10.1 Å². The van der Waals surface area contributed by atoms with Crippen molar-refractivity contribution in [3.05, 3.63) is 52.2 Å². The molecule has 2 saturated heterocycles. The summed E-state index contributed by atoms with van der Waals surface area (Å²) in [4.78, 5) is 24.1. The van der Waals surface area contributed by atoms with Gasteiger partial charge in [0.25, 0.3) is 5.69 Å². The molecule has 2 aromatic rings. The smallest absolute Gasteiger partial charge is 0.269 e. The Kier molecular flexibility index (Phi) is 6.16. The van der Waals surface area contributed by atoms with Crippen molar-refractivity contribution in [3.8, 4) is 0 Å². The summed E-state index contributed by atoms with van der Waals surface area (Å²) in [6.07, 6.45) is 4.00. The minimum Gasteiger partial charge on any atom is -0.378 e. The lowest BCUT2D eigenvalue weighted by Crippen LogP contribution is -2.42. The number of hydrogen-bond donors (Lipinski definition) is 1. The number of nitro groups is 1. The van der Waals surface area contributed by atoms with Crippen LogP contribution in [0.2, 0.25) is 0 Å². The molecule has 1 N–H and O–H groups in total. The van der Waals surface area contributed by atoms with Crippen LogP contribution in [0.15, 0.2) is 36.5 Å². The van der Waals surface area contributed by atoms with Crippen LogP contribution in [0.5, 0.6) is 0 Å². The van der Waals surface area contributed by atoms with Crippen molar-refractivity contribution in [2.75, 3.05) is 49.6 Å². The third-order valence-electron chi connectivity index (χ3n) is 5.35. The average molecular weight is 398 g/mol. The maximum atomic E-state index is 10.8. The van der Waals surface area contributed by atoms with Crippen LogP contribution in [-0.2, 0) is 11.3 Å². The van der Waals surface area contributed by atoms with Gasteiger partial charge in [0.2, 0.25) is 5.95 Å². The van der Waals surface area contributed by atoms with Crippen molar-refractivity contribution < 1.29 is 9.66 Å². The van der Waals surface area contributed by atoms with E-state index in [1.54, 1.807) is 18.3 Å². The molecule has 1 atom stereocenters. The lowest BCUT2D eigenvalue weighted by molar-refractivity contribution is -0.384. The van der Waals surface area contributed by atoms with Gasteiger partial charge in [0.1, 0.15) is 5.82 Å². The Labute approximate surface area is 169 Å². The first kappa shape index (κ1) is 19.5. The topological polar surface area (TPSA) is 96.7 Å². The summed E-state index contributed by atoms with van der Waals surface area (Å²) in [5.74, 6) is 1.60. The van der Waals surface area contributed by atoms with Crippen molar-refractivity contribution in [2.45, 2.75) is 25.4 Å². The van der Waals surface area contributed by atoms with Crippen molar-refractivity contribution in [3.63, 3.8) is 0 Å². The van der Waals surface area contributed by atoms with E-state index in [1.165, 1.54) is 0 Å². The summed E-state index contributed by atoms with van der Waals surface area (Å²) in [6.45, 7) is 5.78. The summed E-state index contributed by atoms with van der Waals surface area (Å²) in [5, 5.41) is 14.4. The number of benzene rings is 1. The molecule has 2 aliphatic rings. The fourth-order valence-corrected chi connectivity index (χ4v) is 3.85. The summed E-state index contributed by atoms with van der Waals surface area (Å²) >= 11 is 0. The minimum atomic E-state index is -0.364. The zero-order chi connectivity index (χ0) is 20.1. The van der Waals surface area contributed by atoms with Gasteiger partial charge in [-0.2, -0.15) is 4.98 Å². The molecule has 2 aliphatic heterocycles. The molecule has 154 valence electrons. The van der Waals surface area contributed by atoms with Gasteiger partial charge in [-0.1, -0.05) is 12.1 Å². The Hall–Kier alpha value is -2.78. The second-order valence-electron chi connectivity index (χ2n) is 7.48. The fourth-order valence-electron chi connectivity index (χ4n) is 3.85. The van der Waals surface area contributed by atoms with Crippen LogP contribution < -0.4 is 10.2 Å². The highest BCUT2D eigenvalue weighted by atomic mass is 16.6. The van der Waals surface area contributed by atoms with Crippen LogP contribution in [0.4, 0.5) is 17.5 Å². The lowest BCUT2D eigenvalue weighted by atomic mass is 10.0. The first-order chi connectivity index (χ1) is 14.2. The Balaban J connectivity index is 1.34. The molecule has 0 radical (unpaired) electrons. The maximum Gasteiger partial charge on any atom is 0.269 e. The van der Waals surface area contributed by atoms with E-state index in [2.05, 4.69) is 20.1 Å². The van der Waals surface area contributed by atoms with Crippen LogP contribution in [-0.4, -0.2) is 65.2 Å². The number of morpholine rings is 1. The molecule has 0 saturated carbocycles. The number of ether oxygens (including phenoxy) is 1. The third kappa shape index (κ3) is 5.18. The summed E-state index contributed by atoms with van der Waals surface area (Å²) in [6, 6.07) is 9.06. The molecule has 0 spiro atoms. The number of piperidine rings is 1. The number of likely N-dealkylation sites (tertiary alicyclic amines) is 1. The quantitative estimate of drug-likeness (QED) is 0.585. The van der Waals surface area contributed by atoms with Crippen molar-refractivity contribution >= 4 is 17.5 Å². The molecule has 29 heavy (non-hydrogen) atoms. The number of rotatable bonds is 6. The number of nitrogens with one attached hydrogen (secondary N) is 1. The number of non-ortho nitro benzene ring substituents is 1. The van der Waals surface area contributed by atoms with Crippen LogP contribution in [0.1, 0.15) is 18.4 Å². The van der Waals surface area contributed by atoms with Gasteiger partial charge in [0.15, 0.2) is 0 Å². The van der Waals surface area contributed by atoms with E-state index in [0.29, 0.717) is 19.3 Å². The van der Waals surface area contributed by atoms with Gasteiger partial charge in [-0.05, 0) is 31.0 Å². The van der Waals surface area contributed by atoms with E-state index < -0.39 is 0 Å². The predicted octanol–water partition coefficient (Wildman–Crippen LogP) is 2.30. The highest BCUT2D eigenvalue weighted by Crippen LogP contribution is 2.20. The zero-order valence-electron chi connectivity index (χ0n) is 16.4. The van der Waals surface area contributed by atoms with Crippen LogP contribution >= 0.6 is 0 Å². The third-order valence-corrected chi connectivity index (χ3v) is 5.35. The molecule has 0 bridgehead atoms. The molecule has 0 aliphatic carbocycles. The van der Waals surface area contributed by atoms with E-state index in [1.807, 2.05) is 18.2 Å². The summed E-state index contributed by atoms with van der Waals surface area (Å²) in [7, 11) is 0. The largest absolute Gasteiger partial charge is 0.378 e. The molecule has 9 heteroatoms. The second-order valence-corrected chi connectivity index (χ2v) is 7.48. The minimum absolute atomic E-state index is 0.131. The molecule has 2 fully saturated rings. The maximum absolute atomic E-state index is 10.8. The number of aromatic nitrogens is 2. The molecule has 3 heterocycles. The molecule has 1 aromatic carbocycles. The first-order valence-corrected chi connectivity index (χ1v) is 10.1. The normalized spacial score (nSPS) is 20.4. The van der Waals surface area contributed by atoms with Crippen molar-refractivity contribution in [2.24, 2.45) is 0 Å². The fraction of sp³-hybridized carbons (Fsp3) is 0.500. The number of nitro benzene ring substituents is 1. The van der Waals surface area contributed by atoms with Gasteiger partial charge in [0, 0.05) is 50.6 Å². The number of anilines is 2. The lowest BCUT2D eigenvalue weighted by Gasteiger charge is -2.33. The van der Waals surface area contributed by atoms with E-state index >= 15 is 0 Å².